The predicted molar refractivity (Wildman–Crippen MR) is 125 cm³/mol. The molecule has 2 atom stereocenters. The van der Waals surface area contributed by atoms with Gasteiger partial charge >= 0.3 is 12.1 Å². The molecule has 1 heterocycles. The third-order valence-electron chi connectivity index (χ3n) is 5.98. The number of halogens is 3. The summed E-state index contributed by atoms with van der Waals surface area (Å²) < 4.78 is 38.0. The van der Waals surface area contributed by atoms with Crippen molar-refractivity contribution in [1.82, 2.24) is 5.32 Å². The summed E-state index contributed by atoms with van der Waals surface area (Å²) in [7, 11) is 0. The largest absolute Gasteiger partial charge is 0.490 e. The first kappa shape index (κ1) is 25.7. The summed E-state index contributed by atoms with van der Waals surface area (Å²) >= 11 is 0. The van der Waals surface area contributed by atoms with E-state index < -0.39 is 12.1 Å². The van der Waals surface area contributed by atoms with Crippen LogP contribution in [0.4, 0.5) is 13.2 Å². The number of aliphatic imine (C=N–C) groups is 1. The van der Waals surface area contributed by atoms with Gasteiger partial charge in [0.2, 0.25) is 0 Å². The molecule has 2 aliphatic rings. The van der Waals surface area contributed by atoms with Crippen LogP contribution in [0.5, 0.6) is 0 Å². The highest BCUT2D eigenvalue weighted by molar-refractivity contribution is 5.86. The second-order valence-electron chi connectivity index (χ2n) is 8.55. The summed E-state index contributed by atoms with van der Waals surface area (Å²) in [5.41, 5.74) is 2.52. The molecule has 0 unspecified atom stereocenters. The number of hydrogen-bond acceptors (Lipinski definition) is 4. The summed E-state index contributed by atoms with van der Waals surface area (Å²) in [6.45, 7) is 0.595. The second-order valence-corrected chi connectivity index (χ2v) is 8.55. The van der Waals surface area contributed by atoms with Gasteiger partial charge in [0.1, 0.15) is 18.5 Å². The van der Waals surface area contributed by atoms with Crippen LogP contribution in [-0.2, 0) is 9.53 Å². The SMILES string of the molecule is O=C(O)C(F)(F)F.c1ccc([C@H]2N=C(COC3CCCCCCC3)N[C@H]2c2ccccc2)cc1. The quantitative estimate of drug-likeness (QED) is 0.536. The number of nitrogens with one attached hydrogen (secondary N) is 1. The molecule has 0 aromatic heterocycles. The summed E-state index contributed by atoms with van der Waals surface area (Å²) in [4.78, 5) is 13.9. The Morgan fingerprint density at radius 1 is 0.912 bits per heavy atom. The van der Waals surface area contributed by atoms with Crippen LogP contribution in [0.1, 0.15) is 68.2 Å². The normalized spacial score (nSPS) is 21.3. The van der Waals surface area contributed by atoms with E-state index in [4.69, 9.17) is 19.6 Å². The van der Waals surface area contributed by atoms with Crippen LogP contribution in [0, 0.1) is 0 Å². The van der Waals surface area contributed by atoms with Crippen LogP contribution in [0.25, 0.3) is 0 Å². The van der Waals surface area contributed by atoms with Crippen LogP contribution in [0.2, 0.25) is 0 Å². The standard InChI is InChI=1S/C24H30N2O.C2HF3O2/c1-2-10-16-21(17-11-3-1)27-18-22-25-23(19-12-6-4-7-13-19)24(26-22)20-14-8-5-9-15-20;3-2(4,5)1(6)7/h4-9,12-15,21,23-24H,1-3,10-11,16-18H2,(H,25,26);(H,6,7)/t23-,24+;. The molecule has 1 aliphatic carbocycles. The molecule has 0 radical (unpaired) electrons. The zero-order valence-electron chi connectivity index (χ0n) is 19.0. The molecule has 2 N–H and O–H groups in total. The molecule has 184 valence electrons. The van der Waals surface area contributed by atoms with E-state index in [1.165, 1.54) is 56.1 Å². The molecule has 0 saturated heterocycles. The van der Waals surface area contributed by atoms with Crippen LogP contribution in [-0.4, -0.2) is 35.8 Å². The average Bonchev–Trinajstić information content (AvgIpc) is 3.24. The van der Waals surface area contributed by atoms with Gasteiger partial charge in [-0.1, -0.05) is 92.8 Å². The van der Waals surface area contributed by atoms with Gasteiger partial charge in [-0.05, 0) is 24.0 Å². The Kier molecular flexibility index (Phi) is 9.51. The molecule has 0 amide bonds. The van der Waals surface area contributed by atoms with Crippen LogP contribution in [0.3, 0.4) is 0 Å². The lowest BCUT2D eigenvalue weighted by atomic mass is 9.95. The average molecular weight is 477 g/mol. The maximum Gasteiger partial charge on any atom is 0.490 e. The van der Waals surface area contributed by atoms with Crippen molar-refractivity contribution in [2.24, 2.45) is 4.99 Å². The van der Waals surface area contributed by atoms with Gasteiger partial charge in [0, 0.05) is 0 Å². The van der Waals surface area contributed by atoms with Gasteiger partial charge in [0.05, 0.1) is 12.1 Å². The molecule has 0 spiro atoms. The number of nitrogens with zero attached hydrogens (tertiary/aromatic N) is 1. The number of benzene rings is 2. The highest BCUT2D eigenvalue weighted by atomic mass is 19.4. The first-order valence-electron chi connectivity index (χ1n) is 11.7. The van der Waals surface area contributed by atoms with Gasteiger partial charge < -0.3 is 15.2 Å². The predicted octanol–water partition coefficient (Wildman–Crippen LogP) is 6.23. The minimum Gasteiger partial charge on any atom is -0.475 e. The third-order valence-corrected chi connectivity index (χ3v) is 5.98. The fraction of sp³-hybridized carbons (Fsp3) is 0.462. The lowest BCUT2D eigenvalue weighted by molar-refractivity contribution is -0.192. The molecule has 1 fully saturated rings. The molecular weight excluding hydrogens is 445 g/mol. The number of carboxylic acids is 1. The van der Waals surface area contributed by atoms with Crippen molar-refractivity contribution in [2.45, 2.75) is 69.3 Å². The van der Waals surface area contributed by atoms with Crippen molar-refractivity contribution < 1.29 is 27.8 Å². The number of hydrogen-bond donors (Lipinski definition) is 2. The van der Waals surface area contributed by atoms with Crippen LogP contribution < -0.4 is 5.32 Å². The molecule has 8 heteroatoms. The topological polar surface area (TPSA) is 70.9 Å². The number of amidine groups is 1. The second kappa shape index (κ2) is 12.6. The molecule has 1 saturated carbocycles. The van der Waals surface area contributed by atoms with E-state index in [1.54, 1.807) is 0 Å². The van der Waals surface area contributed by atoms with Gasteiger partial charge in [0.15, 0.2) is 0 Å². The third kappa shape index (κ3) is 7.87. The Labute approximate surface area is 198 Å². The molecular formula is C26H31F3N2O3. The minimum atomic E-state index is -5.08. The highest BCUT2D eigenvalue weighted by Crippen LogP contribution is 2.36. The maximum absolute atomic E-state index is 10.6. The van der Waals surface area contributed by atoms with E-state index >= 15 is 0 Å². The fourth-order valence-electron chi connectivity index (χ4n) is 4.24. The van der Waals surface area contributed by atoms with Crippen LogP contribution >= 0.6 is 0 Å². The van der Waals surface area contributed by atoms with Crippen molar-refractivity contribution in [3.8, 4) is 0 Å². The number of rotatable bonds is 5. The minimum absolute atomic E-state index is 0.101. The first-order valence-corrected chi connectivity index (χ1v) is 11.7. The molecule has 0 bridgehead atoms. The molecule has 1 aliphatic heterocycles. The monoisotopic (exact) mass is 476 g/mol. The van der Waals surface area contributed by atoms with Gasteiger partial charge in [-0.2, -0.15) is 13.2 Å². The molecule has 2 aromatic rings. The fourth-order valence-corrected chi connectivity index (χ4v) is 4.24. The van der Waals surface area contributed by atoms with Gasteiger partial charge in [-0.3, -0.25) is 4.99 Å². The van der Waals surface area contributed by atoms with Crippen molar-refractivity contribution in [1.29, 1.82) is 0 Å². The van der Waals surface area contributed by atoms with E-state index in [2.05, 4.69) is 66.0 Å². The zero-order valence-corrected chi connectivity index (χ0v) is 19.0. The summed E-state index contributed by atoms with van der Waals surface area (Å²) in [6, 6.07) is 21.5. The Bertz CT molecular complexity index is 912. The summed E-state index contributed by atoms with van der Waals surface area (Å²) in [5, 5.41) is 10.8. The zero-order chi connectivity index (χ0) is 24.4. The Morgan fingerprint density at radius 3 is 1.94 bits per heavy atom. The van der Waals surface area contributed by atoms with Crippen molar-refractivity contribution in [3.63, 3.8) is 0 Å². The number of ether oxygens (including phenoxy) is 1. The van der Waals surface area contributed by atoms with Crippen molar-refractivity contribution in [3.05, 3.63) is 71.8 Å². The lowest BCUT2D eigenvalue weighted by Gasteiger charge is -2.21. The number of aliphatic carboxylic acids is 1. The number of carboxylic acid groups (broad SMARTS) is 1. The first-order chi connectivity index (χ1) is 16.3. The van der Waals surface area contributed by atoms with Gasteiger partial charge in [-0.25, -0.2) is 4.79 Å². The van der Waals surface area contributed by atoms with Crippen molar-refractivity contribution in [2.75, 3.05) is 6.61 Å². The Morgan fingerprint density at radius 2 is 1.41 bits per heavy atom. The summed E-state index contributed by atoms with van der Waals surface area (Å²) in [5.74, 6) is -1.77. The van der Waals surface area contributed by atoms with E-state index in [0.29, 0.717) is 12.7 Å². The smallest absolute Gasteiger partial charge is 0.475 e. The van der Waals surface area contributed by atoms with Crippen LogP contribution in [0.15, 0.2) is 65.7 Å². The van der Waals surface area contributed by atoms with E-state index in [1.807, 2.05) is 0 Å². The molecule has 4 rings (SSSR count). The Hall–Kier alpha value is -2.87. The highest BCUT2D eigenvalue weighted by Gasteiger charge is 2.38. The summed E-state index contributed by atoms with van der Waals surface area (Å²) in [6.07, 6.45) is 4.37. The van der Waals surface area contributed by atoms with Gasteiger partial charge in [-0.15, -0.1) is 0 Å². The van der Waals surface area contributed by atoms with E-state index in [9.17, 15) is 13.2 Å². The molecule has 34 heavy (non-hydrogen) atoms. The van der Waals surface area contributed by atoms with E-state index in [0.717, 1.165) is 5.84 Å². The lowest BCUT2D eigenvalue weighted by Crippen LogP contribution is -2.29. The Balaban J connectivity index is 0.000000406. The van der Waals surface area contributed by atoms with E-state index in [-0.39, 0.29) is 12.1 Å². The molecule has 5 nitrogen and oxygen atoms in total. The number of carbonyl (C=O) groups is 1. The maximum atomic E-state index is 10.6. The number of alkyl halides is 3. The molecule has 2 aromatic carbocycles. The van der Waals surface area contributed by atoms with Crippen molar-refractivity contribution >= 4 is 11.8 Å². The van der Waals surface area contributed by atoms with Gasteiger partial charge in [0.25, 0.3) is 0 Å².